The van der Waals surface area contributed by atoms with Gasteiger partial charge in [-0.15, -0.1) is 0 Å². The van der Waals surface area contributed by atoms with Crippen molar-refractivity contribution in [2.75, 3.05) is 18.5 Å². The van der Waals surface area contributed by atoms with Crippen molar-refractivity contribution < 1.29 is 42.0 Å². The van der Waals surface area contributed by atoms with Gasteiger partial charge in [0.15, 0.2) is 5.60 Å². The zero-order valence-electron chi connectivity index (χ0n) is 21.4. The lowest BCUT2D eigenvalue weighted by molar-refractivity contribution is -0.159. The average Bonchev–Trinajstić information content (AvgIpc) is 3.76. The molecule has 1 aromatic rings. The SMILES string of the molecule is CC(C)[C@]12O[C@@H]1[C@@H]1O[C@]13[C@]1(O[C@H]1C[C@H]1C4=C(CC[C@@]13C)C(=O)OC4)[C@]2(O)CNc1ccc(C(F)(F)F)cc1. The Kier molecular flexibility index (Phi) is 4.12. The van der Waals surface area contributed by atoms with Crippen molar-refractivity contribution >= 4 is 11.7 Å². The van der Waals surface area contributed by atoms with E-state index in [0.29, 0.717) is 31.6 Å². The zero-order valence-corrected chi connectivity index (χ0v) is 21.4. The van der Waals surface area contributed by atoms with Gasteiger partial charge in [0.2, 0.25) is 0 Å². The van der Waals surface area contributed by atoms with Gasteiger partial charge in [0.1, 0.15) is 35.6 Å². The van der Waals surface area contributed by atoms with Gasteiger partial charge in [-0.25, -0.2) is 4.79 Å². The first kappa shape index (κ1) is 23.7. The number of epoxide rings is 3. The molecule has 0 aromatic heterocycles. The molecule has 2 N–H and O–H groups in total. The Bertz CT molecular complexity index is 1310. The van der Waals surface area contributed by atoms with Crippen molar-refractivity contribution in [2.45, 2.75) is 86.9 Å². The number of cyclic esters (lactones) is 1. The molecule has 5 fully saturated rings. The molecule has 0 bridgehead atoms. The lowest BCUT2D eigenvalue weighted by atomic mass is 9.44. The third kappa shape index (κ3) is 2.31. The van der Waals surface area contributed by atoms with E-state index >= 15 is 0 Å². The van der Waals surface area contributed by atoms with Crippen LogP contribution in [0.4, 0.5) is 18.9 Å². The molecule has 7 aliphatic rings. The number of esters is 1. The van der Waals surface area contributed by atoms with Crippen molar-refractivity contribution in [3.8, 4) is 0 Å². The van der Waals surface area contributed by atoms with Crippen LogP contribution in [-0.4, -0.2) is 64.9 Å². The van der Waals surface area contributed by atoms with Gasteiger partial charge in [-0.05, 0) is 60.9 Å². The van der Waals surface area contributed by atoms with Crippen LogP contribution in [0.25, 0.3) is 0 Å². The van der Waals surface area contributed by atoms with Crippen molar-refractivity contribution in [1.29, 1.82) is 0 Å². The van der Waals surface area contributed by atoms with Gasteiger partial charge >= 0.3 is 12.1 Å². The lowest BCUT2D eigenvalue weighted by Gasteiger charge is -2.56. The van der Waals surface area contributed by atoms with Crippen LogP contribution in [0.2, 0.25) is 0 Å². The quantitative estimate of drug-likeness (QED) is 0.451. The summed E-state index contributed by atoms with van der Waals surface area (Å²) in [6.45, 7) is 6.55. The fourth-order valence-electron chi connectivity index (χ4n) is 9.36. The minimum atomic E-state index is -4.42. The molecule has 2 spiro atoms. The third-order valence-corrected chi connectivity index (χ3v) is 11.1. The van der Waals surface area contributed by atoms with Crippen LogP contribution in [0.5, 0.6) is 0 Å². The molecule has 9 atom stereocenters. The van der Waals surface area contributed by atoms with Crippen molar-refractivity contribution in [1.82, 2.24) is 0 Å². The second-order valence-electron chi connectivity index (χ2n) is 12.7. The lowest BCUT2D eigenvalue weighted by Crippen LogP contribution is -2.77. The number of nitrogens with one attached hydrogen (secondary N) is 1. The number of anilines is 1. The number of rotatable bonds is 4. The van der Waals surface area contributed by atoms with Gasteiger partial charge in [-0.1, -0.05) is 20.8 Å². The molecule has 204 valence electrons. The van der Waals surface area contributed by atoms with Gasteiger partial charge in [0.25, 0.3) is 0 Å². The Morgan fingerprint density at radius 1 is 1.11 bits per heavy atom. The molecule has 8 rings (SSSR count). The fourth-order valence-corrected chi connectivity index (χ4v) is 9.36. The van der Waals surface area contributed by atoms with E-state index in [1.807, 2.05) is 13.8 Å². The van der Waals surface area contributed by atoms with Gasteiger partial charge in [-0.3, -0.25) is 0 Å². The molecule has 2 saturated carbocycles. The highest BCUT2D eigenvalue weighted by molar-refractivity contribution is 5.92. The first-order chi connectivity index (χ1) is 17.9. The summed E-state index contributed by atoms with van der Waals surface area (Å²) in [4.78, 5) is 12.4. The average molecular weight is 534 g/mol. The number of benzene rings is 1. The normalized spacial score (nSPS) is 49.2. The largest absolute Gasteiger partial charge is 0.458 e. The molecule has 1 aromatic carbocycles. The zero-order chi connectivity index (χ0) is 26.7. The molecule has 0 amide bonds. The summed E-state index contributed by atoms with van der Waals surface area (Å²) in [6, 6.07) is 4.81. The summed E-state index contributed by atoms with van der Waals surface area (Å²) in [5.41, 5.74) is -3.03. The van der Waals surface area contributed by atoms with Crippen LogP contribution in [-0.2, 0) is 29.9 Å². The van der Waals surface area contributed by atoms with E-state index in [-0.39, 0.29) is 42.7 Å². The summed E-state index contributed by atoms with van der Waals surface area (Å²) in [6.07, 6.45) is -3.31. The smallest absolute Gasteiger partial charge is 0.416 e. The Morgan fingerprint density at radius 3 is 2.53 bits per heavy atom. The number of hydrogen-bond acceptors (Lipinski definition) is 7. The molecule has 7 nitrogen and oxygen atoms in total. The highest BCUT2D eigenvalue weighted by atomic mass is 19.4. The number of hydrogen-bond donors (Lipinski definition) is 2. The number of carbonyl (C=O) groups excluding carboxylic acids is 1. The molecule has 38 heavy (non-hydrogen) atoms. The first-order valence-corrected chi connectivity index (χ1v) is 13.4. The highest BCUT2D eigenvalue weighted by Crippen LogP contribution is 2.85. The minimum Gasteiger partial charge on any atom is -0.458 e. The Labute approximate surface area is 217 Å². The van der Waals surface area contributed by atoms with Crippen molar-refractivity contribution in [2.24, 2.45) is 17.3 Å². The topological polar surface area (TPSA) is 96.2 Å². The molecular weight excluding hydrogens is 503 g/mol. The van der Waals surface area contributed by atoms with Gasteiger partial charge in [-0.2, -0.15) is 13.2 Å². The number of aliphatic hydroxyl groups is 1. The van der Waals surface area contributed by atoms with Crippen LogP contribution in [0.1, 0.15) is 45.6 Å². The van der Waals surface area contributed by atoms with E-state index in [1.54, 1.807) is 0 Å². The number of halogens is 3. The molecular formula is C28H30F3NO6. The molecule has 4 heterocycles. The van der Waals surface area contributed by atoms with E-state index < -0.39 is 39.6 Å². The molecule has 3 aliphatic carbocycles. The van der Waals surface area contributed by atoms with E-state index in [1.165, 1.54) is 12.1 Å². The maximum absolute atomic E-state index is 13.1. The molecule has 4 aliphatic heterocycles. The summed E-state index contributed by atoms with van der Waals surface area (Å²) in [5, 5.41) is 16.0. The summed E-state index contributed by atoms with van der Waals surface area (Å²) in [7, 11) is 0. The van der Waals surface area contributed by atoms with Crippen LogP contribution < -0.4 is 5.32 Å². The molecule has 0 radical (unpaired) electrons. The molecule has 10 heteroatoms. The van der Waals surface area contributed by atoms with Crippen LogP contribution in [0.15, 0.2) is 35.4 Å². The van der Waals surface area contributed by atoms with E-state index in [9.17, 15) is 23.1 Å². The van der Waals surface area contributed by atoms with Gasteiger partial charge in [0, 0.05) is 23.2 Å². The fraction of sp³-hybridized carbons (Fsp3) is 0.679. The first-order valence-electron chi connectivity index (χ1n) is 13.4. The third-order valence-electron chi connectivity index (χ3n) is 11.1. The Balaban J connectivity index is 1.19. The Hall–Kier alpha value is -2.14. The summed E-state index contributed by atoms with van der Waals surface area (Å²) < 4.78 is 64.3. The second kappa shape index (κ2) is 6.59. The van der Waals surface area contributed by atoms with Crippen LogP contribution in [0.3, 0.4) is 0 Å². The monoisotopic (exact) mass is 533 g/mol. The maximum atomic E-state index is 13.1. The van der Waals surface area contributed by atoms with Gasteiger partial charge in [0.05, 0.1) is 11.7 Å². The standard InChI is InChI=1S/C28H30F3NO6/c1-13(2)25-20(37-25)21-27(38-21)23(3)9-8-16-17(11-35-22(16)33)18(23)10-19-26(27,36-19)24(25,34)12-32-15-6-4-14(5-7-15)28(29,30)31/h4-7,13,18-21,32,34H,8-12H2,1-3H3/t18-,19-,20+,21-,23-,24-,25-,26+,27+/m0/s1. The van der Waals surface area contributed by atoms with Crippen molar-refractivity contribution in [3.63, 3.8) is 0 Å². The van der Waals surface area contributed by atoms with Crippen LogP contribution >= 0.6 is 0 Å². The molecule has 0 unspecified atom stereocenters. The van der Waals surface area contributed by atoms with E-state index in [0.717, 1.165) is 23.3 Å². The van der Waals surface area contributed by atoms with Gasteiger partial charge < -0.3 is 29.4 Å². The number of carbonyl (C=O) groups is 1. The summed E-state index contributed by atoms with van der Waals surface area (Å²) in [5.74, 6) is -0.243. The highest BCUT2D eigenvalue weighted by Gasteiger charge is 3.04. The summed E-state index contributed by atoms with van der Waals surface area (Å²) >= 11 is 0. The number of alkyl halides is 3. The number of fused-ring (bicyclic) bond motifs is 4. The van der Waals surface area contributed by atoms with E-state index in [2.05, 4.69) is 12.2 Å². The van der Waals surface area contributed by atoms with E-state index in [4.69, 9.17) is 18.9 Å². The molecule has 3 saturated heterocycles. The van der Waals surface area contributed by atoms with Crippen molar-refractivity contribution in [3.05, 3.63) is 41.0 Å². The minimum absolute atomic E-state index is 0.0393. The van der Waals surface area contributed by atoms with Crippen LogP contribution in [0, 0.1) is 17.3 Å². The second-order valence-corrected chi connectivity index (χ2v) is 12.7. The maximum Gasteiger partial charge on any atom is 0.416 e. The Morgan fingerprint density at radius 2 is 1.84 bits per heavy atom. The predicted octanol–water partition coefficient (Wildman–Crippen LogP) is 3.60. The predicted molar refractivity (Wildman–Crippen MR) is 126 cm³/mol. The number of ether oxygens (including phenoxy) is 4.